The van der Waals surface area contributed by atoms with Crippen LogP contribution in [0.4, 0.5) is 0 Å². The number of benzene rings is 1. The van der Waals surface area contributed by atoms with Crippen molar-refractivity contribution in [3.63, 3.8) is 0 Å². The summed E-state index contributed by atoms with van der Waals surface area (Å²) in [5.74, 6) is 0. The van der Waals surface area contributed by atoms with Crippen LogP contribution in [0.25, 0.3) is 11.0 Å². The van der Waals surface area contributed by atoms with Gasteiger partial charge in [0.2, 0.25) is 0 Å². The monoisotopic (exact) mass is 210 g/mol. The molecule has 0 spiro atoms. The summed E-state index contributed by atoms with van der Waals surface area (Å²) in [6.45, 7) is 2.06. The summed E-state index contributed by atoms with van der Waals surface area (Å²) in [7, 11) is 0. The molecule has 0 fully saturated rings. The van der Waals surface area contributed by atoms with Crippen LogP contribution >= 0.6 is 15.9 Å². The second-order valence-corrected chi connectivity index (χ2v) is 3.44. The molecule has 0 aliphatic rings. The highest BCUT2D eigenvalue weighted by atomic mass is 79.9. The lowest BCUT2D eigenvalue weighted by molar-refractivity contribution is 1.34. The van der Waals surface area contributed by atoms with E-state index in [1.807, 2.05) is 6.07 Å². The molecule has 3 heteroatoms. The Morgan fingerprint density at radius 3 is 3.09 bits per heavy atom. The molecule has 1 aromatic carbocycles. The minimum atomic E-state index is 1.01. The third-order valence-corrected chi connectivity index (χ3v) is 2.15. The molecule has 0 aliphatic heterocycles. The zero-order chi connectivity index (χ0) is 7.84. The molecule has 2 aromatic rings. The minimum Gasteiger partial charge on any atom is -0.344 e. The van der Waals surface area contributed by atoms with Crippen molar-refractivity contribution < 1.29 is 0 Å². The van der Waals surface area contributed by atoms with Gasteiger partial charge in [0.1, 0.15) is 0 Å². The maximum Gasteiger partial charge on any atom is 0.0931 e. The number of halogens is 1. The Labute approximate surface area is 72.8 Å². The summed E-state index contributed by atoms with van der Waals surface area (Å²) >= 11 is 3.41. The number of H-pyrrole nitrogens is 1. The number of nitrogens with one attached hydrogen (secondary N) is 1. The first-order valence-electron chi connectivity index (χ1n) is 3.36. The van der Waals surface area contributed by atoms with Crippen molar-refractivity contribution in [2.45, 2.75) is 6.92 Å². The second-order valence-electron chi connectivity index (χ2n) is 2.52. The second kappa shape index (κ2) is 2.34. The van der Waals surface area contributed by atoms with Crippen LogP contribution in [-0.4, -0.2) is 9.97 Å². The predicted molar refractivity (Wildman–Crippen MR) is 48.5 cm³/mol. The third-order valence-electron chi connectivity index (χ3n) is 1.69. The molecule has 0 radical (unpaired) electrons. The number of hydrogen-bond acceptors (Lipinski definition) is 1. The Morgan fingerprint density at radius 1 is 1.45 bits per heavy atom. The fourth-order valence-electron chi connectivity index (χ4n) is 1.18. The molecule has 1 aromatic heterocycles. The van der Waals surface area contributed by atoms with Gasteiger partial charge in [-0.1, -0.05) is 15.9 Å². The summed E-state index contributed by atoms with van der Waals surface area (Å²) in [5, 5.41) is 0. The lowest BCUT2D eigenvalue weighted by atomic mass is 10.2. The van der Waals surface area contributed by atoms with Crippen molar-refractivity contribution in [3.05, 3.63) is 28.5 Å². The average molecular weight is 211 g/mol. The van der Waals surface area contributed by atoms with Crippen LogP contribution < -0.4 is 0 Å². The first-order valence-corrected chi connectivity index (χ1v) is 4.16. The van der Waals surface area contributed by atoms with Crippen LogP contribution in [0.3, 0.4) is 0 Å². The van der Waals surface area contributed by atoms with Crippen molar-refractivity contribution in [1.82, 2.24) is 9.97 Å². The van der Waals surface area contributed by atoms with Crippen molar-refractivity contribution in [2.24, 2.45) is 0 Å². The van der Waals surface area contributed by atoms with E-state index in [9.17, 15) is 0 Å². The van der Waals surface area contributed by atoms with E-state index in [4.69, 9.17) is 0 Å². The molecule has 0 unspecified atom stereocenters. The number of aromatic nitrogens is 2. The Bertz CT molecular complexity index is 392. The molecule has 2 nitrogen and oxygen atoms in total. The van der Waals surface area contributed by atoms with E-state index in [1.165, 1.54) is 5.56 Å². The molecule has 0 bridgehead atoms. The first-order chi connectivity index (χ1) is 5.27. The van der Waals surface area contributed by atoms with Gasteiger partial charge in [-0.25, -0.2) is 4.98 Å². The maximum absolute atomic E-state index is 4.15. The van der Waals surface area contributed by atoms with Crippen LogP contribution in [0.5, 0.6) is 0 Å². The zero-order valence-corrected chi connectivity index (χ0v) is 7.64. The standard InChI is InChI=1S/C8H7BrN2/c1-5-2-6(9)3-7-8(5)11-4-10-7/h2-4H,1H3,(H,10,11). The normalized spacial score (nSPS) is 10.7. The highest BCUT2D eigenvalue weighted by Crippen LogP contribution is 2.20. The van der Waals surface area contributed by atoms with Gasteiger partial charge < -0.3 is 4.98 Å². The molecule has 0 atom stereocenters. The Hall–Kier alpha value is -0.830. The highest BCUT2D eigenvalue weighted by molar-refractivity contribution is 9.10. The number of fused-ring (bicyclic) bond motifs is 1. The molecule has 0 aliphatic carbocycles. The predicted octanol–water partition coefficient (Wildman–Crippen LogP) is 2.63. The topological polar surface area (TPSA) is 28.7 Å². The Morgan fingerprint density at radius 2 is 2.27 bits per heavy atom. The third kappa shape index (κ3) is 1.05. The van der Waals surface area contributed by atoms with Gasteiger partial charge in [-0.2, -0.15) is 0 Å². The SMILES string of the molecule is Cc1cc(Br)cc2nc[nH]c12. The van der Waals surface area contributed by atoms with E-state index in [2.05, 4.69) is 38.9 Å². The van der Waals surface area contributed by atoms with Gasteiger partial charge >= 0.3 is 0 Å². The van der Waals surface area contributed by atoms with Gasteiger partial charge in [-0.05, 0) is 24.6 Å². The van der Waals surface area contributed by atoms with Gasteiger partial charge in [0, 0.05) is 4.47 Å². The van der Waals surface area contributed by atoms with Crippen LogP contribution in [0.15, 0.2) is 22.9 Å². The van der Waals surface area contributed by atoms with Crippen molar-refractivity contribution in [2.75, 3.05) is 0 Å². The number of nitrogens with zero attached hydrogens (tertiary/aromatic N) is 1. The molecule has 0 amide bonds. The van der Waals surface area contributed by atoms with Crippen LogP contribution in [0, 0.1) is 6.92 Å². The summed E-state index contributed by atoms with van der Waals surface area (Å²) in [6, 6.07) is 4.07. The number of rotatable bonds is 0. The summed E-state index contributed by atoms with van der Waals surface area (Å²) in [5.41, 5.74) is 3.34. The number of aryl methyl sites for hydroxylation is 1. The largest absolute Gasteiger partial charge is 0.344 e. The van der Waals surface area contributed by atoms with E-state index < -0.39 is 0 Å². The number of aromatic amines is 1. The fraction of sp³-hybridized carbons (Fsp3) is 0.125. The maximum atomic E-state index is 4.15. The van der Waals surface area contributed by atoms with Gasteiger partial charge in [0.25, 0.3) is 0 Å². The summed E-state index contributed by atoms with van der Waals surface area (Å²) in [4.78, 5) is 7.24. The average Bonchev–Trinajstić information content (AvgIpc) is 2.34. The Balaban J connectivity index is 2.91. The van der Waals surface area contributed by atoms with Crippen molar-refractivity contribution in [1.29, 1.82) is 0 Å². The number of imidazole rings is 1. The molecule has 1 N–H and O–H groups in total. The van der Waals surface area contributed by atoms with E-state index in [0.717, 1.165) is 15.5 Å². The van der Waals surface area contributed by atoms with Crippen LogP contribution in [0.1, 0.15) is 5.56 Å². The summed E-state index contributed by atoms with van der Waals surface area (Å²) < 4.78 is 1.08. The van der Waals surface area contributed by atoms with E-state index in [1.54, 1.807) is 6.33 Å². The molecule has 56 valence electrons. The number of hydrogen-bond donors (Lipinski definition) is 1. The molecule has 1 heterocycles. The molecule has 0 saturated heterocycles. The minimum absolute atomic E-state index is 1.01. The molecule has 0 saturated carbocycles. The summed E-state index contributed by atoms with van der Waals surface area (Å²) in [6.07, 6.45) is 1.71. The fourth-order valence-corrected chi connectivity index (χ4v) is 1.74. The van der Waals surface area contributed by atoms with E-state index >= 15 is 0 Å². The molecule has 11 heavy (non-hydrogen) atoms. The molecule has 2 rings (SSSR count). The van der Waals surface area contributed by atoms with E-state index in [0.29, 0.717) is 0 Å². The molecular weight excluding hydrogens is 204 g/mol. The zero-order valence-electron chi connectivity index (χ0n) is 6.06. The van der Waals surface area contributed by atoms with Gasteiger partial charge in [-0.3, -0.25) is 0 Å². The highest BCUT2D eigenvalue weighted by Gasteiger charge is 1.99. The van der Waals surface area contributed by atoms with Crippen molar-refractivity contribution >= 4 is 27.0 Å². The first kappa shape index (κ1) is 6.85. The molecular formula is C8H7BrN2. The van der Waals surface area contributed by atoms with Crippen LogP contribution in [0.2, 0.25) is 0 Å². The smallest absolute Gasteiger partial charge is 0.0931 e. The van der Waals surface area contributed by atoms with Crippen molar-refractivity contribution in [3.8, 4) is 0 Å². The van der Waals surface area contributed by atoms with Gasteiger partial charge in [-0.15, -0.1) is 0 Å². The van der Waals surface area contributed by atoms with Gasteiger partial charge in [0.05, 0.1) is 17.4 Å². The quantitative estimate of drug-likeness (QED) is 0.712. The Kier molecular flexibility index (Phi) is 1.46. The van der Waals surface area contributed by atoms with E-state index in [-0.39, 0.29) is 0 Å². The van der Waals surface area contributed by atoms with Gasteiger partial charge in [0.15, 0.2) is 0 Å². The van der Waals surface area contributed by atoms with Crippen LogP contribution in [-0.2, 0) is 0 Å². The lowest BCUT2D eigenvalue weighted by Gasteiger charge is -1.95. The lowest BCUT2D eigenvalue weighted by Crippen LogP contribution is -1.76.